The van der Waals surface area contributed by atoms with Crippen molar-refractivity contribution in [2.24, 2.45) is 4.99 Å². The Morgan fingerprint density at radius 2 is 2.07 bits per heavy atom. The lowest BCUT2D eigenvalue weighted by atomic mass is 10.1. The molecule has 146 valence electrons. The van der Waals surface area contributed by atoms with Gasteiger partial charge in [-0.3, -0.25) is 9.89 Å². The van der Waals surface area contributed by atoms with Crippen molar-refractivity contribution in [2.45, 2.75) is 52.2 Å². The van der Waals surface area contributed by atoms with E-state index in [1.165, 1.54) is 11.1 Å². The lowest BCUT2D eigenvalue weighted by Gasteiger charge is -2.21. The summed E-state index contributed by atoms with van der Waals surface area (Å²) in [6, 6.07) is 11.6. The summed E-state index contributed by atoms with van der Waals surface area (Å²) in [5.41, 5.74) is 3.52. The van der Waals surface area contributed by atoms with E-state index in [1.54, 1.807) is 0 Å². The smallest absolute Gasteiger partial charge is 0.191 e. The predicted octanol–water partition coefficient (Wildman–Crippen LogP) is 2.66. The Labute approximate surface area is 162 Å². The first-order valence-corrected chi connectivity index (χ1v) is 9.73. The average molecular weight is 370 g/mol. The highest BCUT2D eigenvalue weighted by molar-refractivity contribution is 5.80. The fraction of sp³-hybridized carbons (Fsp3) is 0.524. The number of aromatic nitrogens is 1. The lowest BCUT2D eigenvalue weighted by molar-refractivity contribution is 0.258. The molecule has 2 heterocycles. The van der Waals surface area contributed by atoms with Crippen molar-refractivity contribution in [3.63, 3.8) is 0 Å². The van der Waals surface area contributed by atoms with Gasteiger partial charge in [-0.2, -0.15) is 0 Å². The number of nitrogens with zero attached hydrogens (tertiary/aromatic N) is 3. The summed E-state index contributed by atoms with van der Waals surface area (Å²) < 4.78 is 5.23. The Kier molecular flexibility index (Phi) is 6.50. The van der Waals surface area contributed by atoms with Crippen LogP contribution in [-0.2, 0) is 13.0 Å². The molecule has 1 fully saturated rings. The Morgan fingerprint density at radius 1 is 1.30 bits per heavy atom. The Bertz CT molecular complexity index is 736. The predicted molar refractivity (Wildman–Crippen MR) is 109 cm³/mol. The third-order valence-electron chi connectivity index (χ3n) is 5.35. The molecule has 0 saturated carbocycles. The zero-order valence-electron chi connectivity index (χ0n) is 16.8. The summed E-state index contributed by atoms with van der Waals surface area (Å²) >= 11 is 0. The van der Waals surface area contributed by atoms with Crippen molar-refractivity contribution >= 4 is 5.96 Å². The van der Waals surface area contributed by atoms with Crippen LogP contribution in [-0.4, -0.2) is 48.2 Å². The average Bonchev–Trinajstić information content (AvgIpc) is 3.17. The van der Waals surface area contributed by atoms with Crippen LogP contribution < -0.4 is 10.6 Å². The monoisotopic (exact) mass is 369 g/mol. The molecule has 6 heteroatoms. The van der Waals surface area contributed by atoms with E-state index in [0.29, 0.717) is 12.1 Å². The molecule has 1 aromatic heterocycles. The highest BCUT2D eigenvalue weighted by Crippen LogP contribution is 2.20. The minimum absolute atomic E-state index is 0.411. The zero-order valence-corrected chi connectivity index (χ0v) is 16.8. The molecule has 2 aromatic rings. The fourth-order valence-electron chi connectivity index (χ4n) is 3.79. The van der Waals surface area contributed by atoms with Gasteiger partial charge in [0.1, 0.15) is 5.76 Å². The number of nitrogens with one attached hydrogen (secondary N) is 2. The van der Waals surface area contributed by atoms with Crippen molar-refractivity contribution in [1.29, 1.82) is 0 Å². The van der Waals surface area contributed by atoms with Crippen LogP contribution in [0.25, 0.3) is 0 Å². The van der Waals surface area contributed by atoms with Gasteiger partial charge in [-0.15, -0.1) is 0 Å². The van der Waals surface area contributed by atoms with Crippen LogP contribution in [0.5, 0.6) is 0 Å². The SMILES string of the molecule is CN=C(NCCc1c(C)noc1C)NC1CC(C)N(Cc2ccccc2)C1. The van der Waals surface area contributed by atoms with Gasteiger partial charge < -0.3 is 15.2 Å². The number of likely N-dealkylation sites (tertiary alicyclic amines) is 1. The van der Waals surface area contributed by atoms with Gasteiger partial charge in [-0.25, -0.2) is 0 Å². The second kappa shape index (κ2) is 9.04. The molecule has 2 unspecified atom stereocenters. The summed E-state index contributed by atoms with van der Waals surface area (Å²) in [4.78, 5) is 6.92. The maximum Gasteiger partial charge on any atom is 0.191 e. The largest absolute Gasteiger partial charge is 0.361 e. The number of aryl methyl sites for hydroxylation is 2. The third kappa shape index (κ3) is 5.10. The molecule has 0 bridgehead atoms. The van der Waals surface area contributed by atoms with Gasteiger partial charge in [0.05, 0.1) is 5.69 Å². The van der Waals surface area contributed by atoms with Crippen molar-refractivity contribution in [3.8, 4) is 0 Å². The Balaban J connectivity index is 1.47. The first-order chi connectivity index (χ1) is 13.1. The molecule has 0 amide bonds. The molecule has 1 aliphatic heterocycles. The molecule has 1 aromatic carbocycles. The van der Waals surface area contributed by atoms with E-state index in [2.05, 4.69) is 62.9 Å². The number of aliphatic imine (C=N–C) groups is 1. The maximum atomic E-state index is 5.23. The molecule has 1 aliphatic rings. The number of guanidine groups is 1. The van der Waals surface area contributed by atoms with Crippen LogP contribution in [0.15, 0.2) is 39.8 Å². The van der Waals surface area contributed by atoms with Crippen LogP contribution in [0.4, 0.5) is 0 Å². The Morgan fingerprint density at radius 3 is 2.74 bits per heavy atom. The minimum Gasteiger partial charge on any atom is -0.361 e. The lowest BCUT2D eigenvalue weighted by Crippen LogP contribution is -2.45. The molecule has 2 N–H and O–H groups in total. The normalized spacial score (nSPS) is 20.8. The van der Waals surface area contributed by atoms with Crippen molar-refractivity contribution in [1.82, 2.24) is 20.7 Å². The number of rotatable bonds is 6. The second-order valence-electron chi connectivity index (χ2n) is 7.39. The van der Waals surface area contributed by atoms with E-state index >= 15 is 0 Å². The van der Waals surface area contributed by atoms with Gasteiger partial charge in [0.25, 0.3) is 0 Å². The van der Waals surface area contributed by atoms with Crippen LogP contribution in [0.1, 0.15) is 35.9 Å². The molecule has 27 heavy (non-hydrogen) atoms. The van der Waals surface area contributed by atoms with Gasteiger partial charge in [-0.1, -0.05) is 35.5 Å². The molecule has 0 radical (unpaired) electrons. The first kappa shape index (κ1) is 19.4. The highest BCUT2D eigenvalue weighted by atomic mass is 16.5. The number of hydrogen-bond acceptors (Lipinski definition) is 4. The number of benzene rings is 1. The van der Waals surface area contributed by atoms with Crippen LogP contribution >= 0.6 is 0 Å². The van der Waals surface area contributed by atoms with E-state index in [1.807, 2.05) is 20.9 Å². The summed E-state index contributed by atoms with van der Waals surface area (Å²) in [5.74, 6) is 1.76. The fourth-order valence-corrected chi connectivity index (χ4v) is 3.79. The first-order valence-electron chi connectivity index (χ1n) is 9.73. The molecule has 1 saturated heterocycles. The van der Waals surface area contributed by atoms with Gasteiger partial charge >= 0.3 is 0 Å². The summed E-state index contributed by atoms with van der Waals surface area (Å²) in [6.45, 7) is 9.08. The van der Waals surface area contributed by atoms with E-state index in [-0.39, 0.29) is 0 Å². The van der Waals surface area contributed by atoms with Gasteiger partial charge in [0.15, 0.2) is 5.96 Å². The second-order valence-corrected chi connectivity index (χ2v) is 7.39. The number of hydrogen-bond donors (Lipinski definition) is 2. The van der Waals surface area contributed by atoms with Crippen LogP contribution in [0, 0.1) is 13.8 Å². The zero-order chi connectivity index (χ0) is 19.2. The topological polar surface area (TPSA) is 65.7 Å². The molecule has 2 atom stereocenters. The third-order valence-corrected chi connectivity index (χ3v) is 5.35. The van der Waals surface area contributed by atoms with Crippen LogP contribution in [0.2, 0.25) is 0 Å². The minimum atomic E-state index is 0.411. The molecule has 6 nitrogen and oxygen atoms in total. The summed E-state index contributed by atoms with van der Waals surface area (Å²) in [6.07, 6.45) is 2.00. The van der Waals surface area contributed by atoms with Gasteiger partial charge in [-0.05, 0) is 39.2 Å². The van der Waals surface area contributed by atoms with Gasteiger partial charge in [0.2, 0.25) is 0 Å². The molecule has 3 rings (SSSR count). The molecular formula is C21H31N5O. The molecule has 0 aliphatic carbocycles. The van der Waals surface area contributed by atoms with Crippen molar-refractivity contribution in [2.75, 3.05) is 20.1 Å². The van der Waals surface area contributed by atoms with Crippen molar-refractivity contribution < 1.29 is 4.52 Å². The van der Waals surface area contributed by atoms with E-state index < -0.39 is 0 Å². The quantitative estimate of drug-likeness (QED) is 0.605. The molecular weight excluding hydrogens is 338 g/mol. The molecule has 0 spiro atoms. The van der Waals surface area contributed by atoms with E-state index in [0.717, 1.165) is 49.9 Å². The maximum absolute atomic E-state index is 5.23. The van der Waals surface area contributed by atoms with Crippen LogP contribution in [0.3, 0.4) is 0 Å². The summed E-state index contributed by atoms with van der Waals surface area (Å²) in [7, 11) is 1.82. The van der Waals surface area contributed by atoms with Gasteiger partial charge in [0, 0.05) is 44.3 Å². The van der Waals surface area contributed by atoms with Crippen molar-refractivity contribution in [3.05, 3.63) is 52.9 Å². The standard InChI is InChI=1S/C21H31N5O/c1-15-12-19(14-26(15)13-18-8-6-5-7-9-18)24-21(22-4)23-11-10-20-16(2)25-27-17(20)3/h5-9,15,19H,10-14H2,1-4H3,(H2,22,23,24). The Hall–Kier alpha value is -2.34. The van der Waals surface area contributed by atoms with E-state index in [4.69, 9.17) is 4.52 Å². The summed E-state index contributed by atoms with van der Waals surface area (Å²) in [5, 5.41) is 11.0. The highest BCUT2D eigenvalue weighted by Gasteiger charge is 2.29. The van der Waals surface area contributed by atoms with E-state index in [9.17, 15) is 0 Å².